The van der Waals surface area contributed by atoms with E-state index < -0.39 is 0 Å². The highest BCUT2D eigenvalue weighted by atomic mass is 15.3. The molecule has 0 aliphatic carbocycles. The van der Waals surface area contributed by atoms with E-state index in [-0.39, 0.29) is 0 Å². The summed E-state index contributed by atoms with van der Waals surface area (Å²) in [5, 5.41) is 0. The van der Waals surface area contributed by atoms with Gasteiger partial charge in [0.15, 0.2) is 0 Å². The number of hydrogen-bond acceptors (Lipinski definition) is 3. The molecule has 3 unspecified atom stereocenters. The quantitative estimate of drug-likeness (QED) is 0.779. The topological polar surface area (TPSA) is 32.5 Å². The first-order valence-electron chi connectivity index (χ1n) is 6.90. The Morgan fingerprint density at radius 3 is 2.50 bits per heavy atom. The second-order valence-corrected chi connectivity index (χ2v) is 5.63. The predicted molar refractivity (Wildman–Crippen MR) is 68.5 cm³/mol. The Morgan fingerprint density at radius 2 is 1.88 bits per heavy atom. The zero-order chi connectivity index (χ0) is 11.5. The molecule has 2 aliphatic rings. The van der Waals surface area contributed by atoms with E-state index in [1.165, 1.54) is 45.4 Å². The van der Waals surface area contributed by atoms with Gasteiger partial charge in [-0.15, -0.1) is 0 Å². The van der Waals surface area contributed by atoms with E-state index >= 15 is 0 Å². The van der Waals surface area contributed by atoms with Gasteiger partial charge in [-0.05, 0) is 51.7 Å². The van der Waals surface area contributed by atoms with E-state index in [1.807, 2.05) is 0 Å². The first-order valence-corrected chi connectivity index (χ1v) is 6.90. The van der Waals surface area contributed by atoms with Crippen molar-refractivity contribution in [3.8, 4) is 0 Å². The lowest BCUT2D eigenvalue weighted by molar-refractivity contribution is 0.175. The summed E-state index contributed by atoms with van der Waals surface area (Å²) < 4.78 is 0. The van der Waals surface area contributed by atoms with Crippen molar-refractivity contribution in [2.75, 3.05) is 32.7 Å². The molecule has 0 aromatic rings. The summed E-state index contributed by atoms with van der Waals surface area (Å²) in [4.78, 5) is 5.33. The van der Waals surface area contributed by atoms with Gasteiger partial charge in [0, 0.05) is 25.2 Å². The molecule has 2 N–H and O–H groups in total. The monoisotopic (exact) mass is 225 g/mol. The summed E-state index contributed by atoms with van der Waals surface area (Å²) in [5.41, 5.74) is 5.76. The number of nitrogens with zero attached hydrogens (tertiary/aromatic N) is 2. The van der Waals surface area contributed by atoms with Gasteiger partial charge in [-0.1, -0.05) is 6.92 Å². The van der Waals surface area contributed by atoms with Crippen LogP contribution in [0, 0.1) is 5.92 Å². The van der Waals surface area contributed by atoms with E-state index in [9.17, 15) is 0 Å². The Kier molecular flexibility index (Phi) is 4.22. The molecule has 0 aromatic heterocycles. The molecule has 0 saturated carbocycles. The number of nitrogens with two attached hydrogens (primary N) is 1. The highest BCUT2D eigenvalue weighted by Gasteiger charge is 2.32. The van der Waals surface area contributed by atoms with Crippen molar-refractivity contribution in [1.29, 1.82) is 0 Å². The second-order valence-electron chi connectivity index (χ2n) is 5.63. The molecule has 3 nitrogen and oxygen atoms in total. The lowest BCUT2D eigenvalue weighted by Crippen LogP contribution is -2.41. The van der Waals surface area contributed by atoms with Crippen LogP contribution >= 0.6 is 0 Å². The molecule has 0 radical (unpaired) electrons. The molecule has 2 rings (SSSR count). The maximum absolute atomic E-state index is 5.76. The normalized spacial score (nSPS) is 32.1. The predicted octanol–water partition coefficient (Wildman–Crippen LogP) is 1.14. The first-order chi connectivity index (χ1) is 7.72. The van der Waals surface area contributed by atoms with Gasteiger partial charge in [0.25, 0.3) is 0 Å². The van der Waals surface area contributed by atoms with Crippen molar-refractivity contribution >= 4 is 0 Å². The summed E-state index contributed by atoms with van der Waals surface area (Å²) in [6, 6.07) is 1.48. The molecule has 2 aliphatic heterocycles. The van der Waals surface area contributed by atoms with Gasteiger partial charge in [-0.2, -0.15) is 0 Å². The summed E-state index contributed by atoms with van der Waals surface area (Å²) in [6.07, 6.45) is 4.18. The smallest absolute Gasteiger partial charge is 0.0235 e. The summed E-state index contributed by atoms with van der Waals surface area (Å²) >= 11 is 0. The van der Waals surface area contributed by atoms with Gasteiger partial charge in [-0.25, -0.2) is 0 Å². The van der Waals surface area contributed by atoms with Crippen molar-refractivity contribution in [1.82, 2.24) is 9.80 Å². The largest absolute Gasteiger partial charge is 0.330 e. The van der Waals surface area contributed by atoms with Gasteiger partial charge in [0.2, 0.25) is 0 Å². The molecule has 2 saturated heterocycles. The molecule has 0 spiro atoms. The first kappa shape index (κ1) is 12.3. The molecule has 2 fully saturated rings. The molecule has 16 heavy (non-hydrogen) atoms. The molecule has 3 atom stereocenters. The fraction of sp³-hybridized carbons (Fsp3) is 1.00. The maximum atomic E-state index is 5.76. The van der Waals surface area contributed by atoms with Crippen LogP contribution in [0.4, 0.5) is 0 Å². The fourth-order valence-corrected chi connectivity index (χ4v) is 3.10. The van der Waals surface area contributed by atoms with E-state index in [2.05, 4.69) is 23.6 Å². The van der Waals surface area contributed by atoms with Crippen molar-refractivity contribution in [2.45, 2.75) is 45.2 Å². The van der Waals surface area contributed by atoms with Crippen LogP contribution in [0.3, 0.4) is 0 Å². The Morgan fingerprint density at radius 1 is 1.19 bits per heavy atom. The minimum absolute atomic E-state index is 0.623. The Hall–Kier alpha value is -0.120. The summed E-state index contributed by atoms with van der Waals surface area (Å²) in [7, 11) is 0. The molecule has 2 heterocycles. The highest BCUT2D eigenvalue weighted by Crippen LogP contribution is 2.23. The molecule has 3 heteroatoms. The lowest BCUT2D eigenvalue weighted by atomic mass is 10.0. The van der Waals surface area contributed by atoms with E-state index in [0.717, 1.165) is 12.6 Å². The van der Waals surface area contributed by atoms with Crippen LogP contribution in [0.1, 0.15) is 33.1 Å². The standard InChI is InChI=1S/C13H27N3/c1-11(9-14)12(2)16-8-5-13(10-16)15-6-3-4-7-15/h11-13H,3-10,14H2,1-2H3. The van der Waals surface area contributed by atoms with E-state index in [0.29, 0.717) is 12.0 Å². The van der Waals surface area contributed by atoms with Crippen LogP contribution < -0.4 is 5.73 Å². The molecule has 0 amide bonds. The second kappa shape index (κ2) is 5.48. The van der Waals surface area contributed by atoms with Crippen LogP contribution in [0.15, 0.2) is 0 Å². The minimum Gasteiger partial charge on any atom is -0.330 e. The van der Waals surface area contributed by atoms with Crippen molar-refractivity contribution in [3.05, 3.63) is 0 Å². The number of likely N-dealkylation sites (tertiary alicyclic amines) is 2. The van der Waals surface area contributed by atoms with Crippen molar-refractivity contribution in [3.63, 3.8) is 0 Å². The average molecular weight is 225 g/mol. The molecule has 0 aromatic carbocycles. The van der Waals surface area contributed by atoms with Gasteiger partial charge < -0.3 is 5.73 Å². The van der Waals surface area contributed by atoms with Crippen LogP contribution in [-0.4, -0.2) is 54.6 Å². The van der Waals surface area contributed by atoms with Gasteiger partial charge in [0.1, 0.15) is 0 Å². The third-order valence-corrected chi connectivity index (χ3v) is 4.62. The molecule has 94 valence electrons. The lowest BCUT2D eigenvalue weighted by Gasteiger charge is -2.30. The van der Waals surface area contributed by atoms with Crippen molar-refractivity contribution in [2.24, 2.45) is 11.7 Å². The third kappa shape index (κ3) is 2.58. The van der Waals surface area contributed by atoms with Crippen LogP contribution in [0.2, 0.25) is 0 Å². The van der Waals surface area contributed by atoms with E-state index in [4.69, 9.17) is 5.73 Å². The van der Waals surface area contributed by atoms with Crippen LogP contribution in [-0.2, 0) is 0 Å². The van der Waals surface area contributed by atoms with E-state index in [1.54, 1.807) is 0 Å². The maximum Gasteiger partial charge on any atom is 0.0235 e. The van der Waals surface area contributed by atoms with Gasteiger partial charge in [-0.3, -0.25) is 9.80 Å². The van der Waals surface area contributed by atoms with Crippen LogP contribution in [0.25, 0.3) is 0 Å². The van der Waals surface area contributed by atoms with Crippen molar-refractivity contribution < 1.29 is 0 Å². The third-order valence-electron chi connectivity index (χ3n) is 4.62. The Bertz CT molecular complexity index is 213. The van der Waals surface area contributed by atoms with Gasteiger partial charge in [0.05, 0.1) is 0 Å². The average Bonchev–Trinajstić information content (AvgIpc) is 2.96. The van der Waals surface area contributed by atoms with Crippen LogP contribution in [0.5, 0.6) is 0 Å². The fourth-order valence-electron chi connectivity index (χ4n) is 3.10. The number of rotatable bonds is 4. The zero-order valence-corrected chi connectivity index (χ0v) is 10.9. The Balaban J connectivity index is 1.82. The molecular formula is C13H27N3. The van der Waals surface area contributed by atoms with Gasteiger partial charge >= 0.3 is 0 Å². The summed E-state index contributed by atoms with van der Waals surface area (Å²) in [6.45, 7) is 10.6. The highest BCUT2D eigenvalue weighted by molar-refractivity contribution is 4.88. The zero-order valence-electron chi connectivity index (χ0n) is 10.9. The number of hydrogen-bond donors (Lipinski definition) is 1. The molecular weight excluding hydrogens is 198 g/mol. The Labute approximate surface area is 100.0 Å². The molecule has 0 bridgehead atoms. The summed E-state index contributed by atoms with van der Waals surface area (Å²) in [5.74, 6) is 0.623. The SMILES string of the molecule is CC(CN)C(C)N1CCC(N2CCCC2)C1. The minimum atomic E-state index is 0.623.